The fraction of sp³-hybridized carbons (Fsp3) is 0.158. The maximum atomic E-state index is 12.8. The number of hydrogen-bond acceptors (Lipinski definition) is 5. The highest BCUT2D eigenvalue weighted by molar-refractivity contribution is 6.45. The lowest BCUT2D eigenvalue weighted by molar-refractivity contribution is -0.121. The van der Waals surface area contributed by atoms with E-state index in [9.17, 15) is 14.7 Å². The summed E-state index contributed by atoms with van der Waals surface area (Å²) in [6, 6.07) is 13.3. The first kappa shape index (κ1) is 16.6. The van der Waals surface area contributed by atoms with Crippen molar-refractivity contribution in [2.75, 3.05) is 18.6 Å². The van der Waals surface area contributed by atoms with Gasteiger partial charge in [-0.2, -0.15) is 0 Å². The zero-order valence-electron chi connectivity index (χ0n) is 13.9. The number of aliphatic hydroxyl groups is 1. The summed E-state index contributed by atoms with van der Waals surface area (Å²) >= 11 is 0. The molecule has 0 saturated carbocycles. The number of rotatable bonds is 5. The van der Waals surface area contributed by atoms with E-state index in [2.05, 4.69) is 0 Å². The van der Waals surface area contributed by atoms with Gasteiger partial charge in [-0.05, 0) is 36.8 Å². The SMILES string of the molecule is CCOc1ccccc1N1C(=O)C(O)=C(c2ccc(OC)cc2)C1=O. The highest BCUT2D eigenvalue weighted by Crippen LogP contribution is 2.36. The van der Waals surface area contributed by atoms with Crippen LogP contribution in [0.15, 0.2) is 54.3 Å². The third kappa shape index (κ3) is 2.82. The summed E-state index contributed by atoms with van der Waals surface area (Å²) in [7, 11) is 1.53. The molecule has 0 spiro atoms. The van der Waals surface area contributed by atoms with Gasteiger partial charge in [-0.15, -0.1) is 0 Å². The van der Waals surface area contributed by atoms with Crippen LogP contribution in [-0.4, -0.2) is 30.6 Å². The molecule has 1 aliphatic heterocycles. The Labute approximate surface area is 144 Å². The van der Waals surface area contributed by atoms with Gasteiger partial charge in [0.2, 0.25) is 0 Å². The summed E-state index contributed by atoms with van der Waals surface area (Å²) in [5, 5.41) is 10.3. The van der Waals surface area contributed by atoms with E-state index in [4.69, 9.17) is 9.47 Å². The highest BCUT2D eigenvalue weighted by atomic mass is 16.5. The van der Waals surface area contributed by atoms with Crippen LogP contribution in [0.1, 0.15) is 12.5 Å². The molecule has 0 unspecified atom stereocenters. The van der Waals surface area contributed by atoms with Gasteiger partial charge in [0.15, 0.2) is 5.76 Å². The second-order valence-corrected chi connectivity index (χ2v) is 5.30. The zero-order valence-corrected chi connectivity index (χ0v) is 13.9. The number of amides is 2. The fourth-order valence-electron chi connectivity index (χ4n) is 2.67. The predicted molar refractivity (Wildman–Crippen MR) is 92.6 cm³/mol. The monoisotopic (exact) mass is 339 g/mol. The maximum absolute atomic E-state index is 12.8. The topological polar surface area (TPSA) is 76.1 Å². The Hall–Kier alpha value is -3.28. The lowest BCUT2D eigenvalue weighted by Gasteiger charge is -2.18. The van der Waals surface area contributed by atoms with Crippen LogP contribution in [0.3, 0.4) is 0 Å². The molecule has 128 valence electrons. The van der Waals surface area contributed by atoms with Gasteiger partial charge >= 0.3 is 5.91 Å². The van der Waals surface area contributed by atoms with Crippen molar-refractivity contribution in [3.8, 4) is 11.5 Å². The molecule has 0 bridgehead atoms. The summed E-state index contributed by atoms with van der Waals surface area (Å²) in [5.41, 5.74) is 0.696. The molecular formula is C19H17NO5. The summed E-state index contributed by atoms with van der Waals surface area (Å²) in [6.45, 7) is 2.20. The number of carbonyl (C=O) groups excluding carboxylic acids is 2. The number of methoxy groups -OCH3 is 1. The van der Waals surface area contributed by atoms with Gasteiger partial charge in [0.25, 0.3) is 5.91 Å². The first-order valence-electron chi connectivity index (χ1n) is 7.76. The minimum Gasteiger partial charge on any atom is -0.502 e. The minimum atomic E-state index is -0.775. The molecule has 2 aromatic carbocycles. The largest absolute Gasteiger partial charge is 0.502 e. The number of benzene rings is 2. The van der Waals surface area contributed by atoms with Gasteiger partial charge in [-0.3, -0.25) is 9.59 Å². The normalized spacial score (nSPS) is 14.2. The van der Waals surface area contributed by atoms with Crippen LogP contribution in [0.25, 0.3) is 5.57 Å². The van der Waals surface area contributed by atoms with Crippen molar-refractivity contribution >= 4 is 23.1 Å². The van der Waals surface area contributed by atoms with Crippen molar-refractivity contribution in [2.45, 2.75) is 6.92 Å². The molecule has 6 nitrogen and oxygen atoms in total. The maximum Gasteiger partial charge on any atom is 0.301 e. The quantitative estimate of drug-likeness (QED) is 0.848. The van der Waals surface area contributed by atoms with E-state index in [0.717, 1.165) is 4.90 Å². The van der Waals surface area contributed by atoms with Gasteiger partial charge in [-0.1, -0.05) is 24.3 Å². The Morgan fingerprint density at radius 2 is 1.68 bits per heavy atom. The summed E-state index contributed by atoms with van der Waals surface area (Å²) in [4.78, 5) is 26.3. The van der Waals surface area contributed by atoms with Gasteiger partial charge < -0.3 is 14.6 Å². The molecule has 2 aromatic rings. The van der Waals surface area contributed by atoms with Crippen LogP contribution >= 0.6 is 0 Å². The van der Waals surface area contributed by atoms with E-state index in [0.29, 0.717) is 29.4 Å². The lowest BCUT2D eigenvalue weighted by atomic mass is 10.1. The van der Waals surface area contributed by atoms with Gasteiger partial charge in [0.1, 0.15) is 11.5 Å². The van der Waals surface area contributed by atoms with E-state index < -0.39 is 17.6 Å². The smallest absolute Gasteiger partial charge is 0.301 e. The summed E-state index contributed by atoms with van der Waals surface area (Å²) in [5.74, 6) is -0.945. The van der Waals surface area contributed by atoms with Crippen molar-refractivity contribution in [3.63, 3.8) is 0 Å². The van der Waals surface area contributed by atoms with Crippen LogP contribution in [0, 0.1) is 0 Å². The lowest BCUT2D eigenvalue weighted by Crippen LogP contribution is -2.32. The molecule has 0 fully saturated rings. The summed E-state index contributed by atoms with van der Waals surface area (Å²) in [6.07, 6.45) is 0. The second-order valence-electron chi connectivity index (χ2n) is 5.30. The van der Waals surface area contributed by atoms with Crippen molar-refractivity contribution in [2.24, 2.45) is 0 Å². The van der Waals surface area contributed by atoms with E-state index in [1.165, 1.54) is 7.11 Å². The first-order valence-corrected chi connectivity index (χ1v) is 7.76. The molecule has 25 heavy (non-hydrogen) atoms. The van der Waals surface area contributed by atoms with Crippen molar-refractivity contribution in [1.29, 1.82) is 0 Å². The Bertz CT molecular complexity index is 854. The number of aliphatic hydroxyl groups excluding tert-OH is 1. The Balaban J connectivity index is 2.02. The van der Waals surface area contributed by atoms with Crippen LogP contribution in [-0.2, 0) is 9.59 Å². The molecule has 1 heterocycles. The average Bonchev–Trinajstić information content (AvgIpc) is 2.85. The molecule has 0 radical (unpaired) electrons. The molecule has 0 atom stereocenters. The van der Waals surface area contributed by atoms with Crippen LogP contribution in [0.5, 0.6) is 11.5 Å². The average molecular weight is 339 g/mol. The summed E-state index contributed by atoms with van der Waals surface area (Å²) < 4.78 is 10.6. The molecular weight excluding hydrogens is 322 g/mol. The Morgan fingerprint density at radius 3 is 2.32 bits per heavy atom. The van der Waals surface area contributed by atoms with E-state index >= 15 is 0 Å². The van der Waals surface area contributed by atoms with Crippen LogP contribution in [0.4, 0.5) is 5.69 Å². The van der Waals surface area contributed by atoms with Crippen molar-refractivity contribution in [3.05, 3.63) is 59.9 Å². The van der Waals surface area contributed by atoms with Crippen molar-refractivity contribution in [1.82, 2.24) is 0 Å². The molecule has 3 rings (SSSR count). The van der Waals surface area contributed by atoms with Crippen molar-refractivity contribution < 1.29 is 24.2 Å². The van der Waals surface area contributed by atoms with Gasteiger partial charge in [-0.25, -0.2) is 4.90 Å². The molecule has 2 amide bonds. The number of anilines is 1. The fourth-order valence-corrected chi connectivity index (χ4v) is 2.67. The molecule has 0 aliphatic carbocycles. The number of carbonyl (C=O) groups is 2. The molecule has 6 heteroatoms. The number of para-hydroxylation sites is 2. The van der Waals surface area contributed by atoms with Gasteiger partial charge in [0.05, 0.1) is 25.0 Å². The molecule has 1 aliphatic rings. The number of ether oxygens (including phenoxy) is 2. The van der Waals surface area contributed by atoms with Crippen LogP contribution in [0.2, 0.25) is 0 Å². The number of imide groups is 1. The first-order chi connectivity index (χ1) is 12.1. The third-order valence-corrected chi connectivity index (χ3v) is 3.84. The van der Waals surface area contributed by atoms with E-state index in [-0.39, 0.29) is 5.57 Å². The number of nitrogens with zero attached hydrogens (tertiary/aromatic N) is 1. The molecule has 1 N–H and O–H groups in total. The standard InChI is InChI=1S/C19H17NO5/c1-3-25-15-7-5-4-6-14(15)20-18(22)16(17(21)19(20)23)12-8-10-13(24-2)11-9-12/h4-11,21H,3H2,1-2H3. The van der Waals surface area contributed by atoms with Crippen LogP contribution < -0.4 is 14.4 Å². The Kier molecular flexibility index (Phi) is 4.43. The highest BCUT2D eigenvalue weighted by Gasteiger charge is 2.41. The Morgan fingerprint density at radius 1 is 1.00 bits per heavy atom. The van der Waals surface area contributed by atoms with E-state index in [1.807, 2.05) is 6.92 Å². The predicted octanol–water partition coefficient (Wildman–Crippen LogP) is 2.94. The second kappa shape index (κ2) is 6.68. The molecule has 0 saturated heterocycles. The number of hydrogen-bond donors (Lipinski definition) is 1. The molecule has 0 aromatic heterocycles. The third-order valence-electron chi connectivity index (χ3n) is 3.84. The van der Waals surface area contributed by atoms with Gasteiger partial charge in [0, 0.05) is 0 Å². The van der Waals surface area contributed by atoms with E-state index in [1.54, 1.807) is 48.5 Å². The minimum absolute atomic E-state index is 0.0426. The zero-order chi connectivity index (χ0) is 18.0.